The fourth-order valence-electron chi connectivity index (χ4n) is 5.72. The molecule has 1 aliphatic heterocycles. The standard InChI is InChI=1S/C32H39F3N6O2/c1-6-43-27-17-22(16-26(37-27)32(33,34)35)24-18-25(40(4)19-31(2,3)20-42-5)28-30(36-24)39-29(38-28)21-10-12-23(13-11-21)41-14-8-7-9-15-41/h10-13,16-18H,6-9,14-15,19-20H2,1-5H3,(H,36,38,39). The van der Waals surface area contributed by atoms with Crippen LogP contribution in [0.5, 0.6) is 5.88 Å². The summed E-state index contributed by atoms with van der Waals surface area (Å²) < 4.78 is 52.2. The first-order chi connectivity index (χ1) is 20.5. The Balaban J connectivity index is 1.60. The monoisotopic (exact) mass is 596 g/mol. The number of nitrogens with one attached hydrogen (secondary N) is 1. The van der Waals surface area contributed by atoms with Gasteiger partial charge in [-0.1, -0.05) is 13.8 Å². The molecular formula is C32H39F3N6O2. The molecule has 1 aromatic carbocycles. The van der Waals surface area contributed by atoms with E-state index in [2.05, 4.69) is 45.7 Å². The molecule has 0 atom stereocenters. The lowest BCUT2D eigenvalue weighted by Gasteiger charge is -2.31. The van der Waals surface area contributed by atoms with E-state index in [1.807, 2.05) is 19.2 Å². The van der Waals surface area contributed by atoms with Gasteiger partial charge in [-0.25, -0.2) is 15.0 Å². The van der Waals surface area contributed by atoms with Gasteiger partial charge in [0.1, 0.15) is 17.0 Å². The van der Waals surface area contributed by atoms with E-state index in [-0.39, 0.29) is 23.5 Å². The van der Waals surface area contributed by atoms with E-state index in [0.717, 1.165) is 30.4 Å². The fraction of sp³-hybridized carbons (Fsp3) is 0.469. The summed E-state index contributed by atoms with van der Waals surface area (Å²) in [6.45, 7) is 9.35. The molecule has 0 saturated carbocycles. The maximum atomic E-state index is 13.8. The van der Waals surface area contributed by atoms with Crippen molar-refractivity contribution in [2.45, 2.75) is 46.2 Å². The molecular weight excluding hydrogens is 557 g/mol. The number of pyridine rings is 2. The molecule has 1 saturated heterocycles. The molecule has 1 N–H and O–H groups in total. The largest absolute Gasteiger partial charge is 0.478 e. The molecule has 4 heterocycles. The summed E-state index contributed by atoms with van der Waals surface area (Å²) in [5, 5.41) is 0. The number of alkyl halides is 3. The highest BCUT2D eigenvalue weighted by Crippen LogP contribution is 2.37. The molecule has 230 valence electrons. The highest BCUT2D eigenvalue weighted by atomic mass is 19.4. The average Bonchev–Trinajstić information content (AvgIpc) is 3.41. The Morgan fingerprint density at radius 1 is 0.953 bits per heavy atom. The van der Waals surface area contributed by atoms with Crippen molar-refractivity contribution in [3.63, 3.8) is 0 Å². The number of hydrogen-bond donors (Lipinski definition) is 1. The van der Waals surface area contributed by atoms with Gasteiger partial charge in [0.15, 0.2) is 5.65 Å². The minimum absolute atomic E-state index is 0.109. The lowest BCUT2D eigenvalue weighted by atomic mass is 9.94. The second kappa shape index (κ2) is 12.4. The normalized spacial score (nSPS) is 14.4. The van der Waals surface area contributed by atoms with Crippen LogP contribution in [0, 0.1) is 5.41 Å². The quantitative estimate of drug-likeness (QED) is 0.207. The minimum atomic E-state index is -4.64. The molecule has 0 unspecified atom stereocenters. The van der Waals surface area contributed by atoms with E-state index in [9.17, 15) is 13.2 Å². The number of ether oxygens (including phenoxy) is 2. The zero-order chi connectivity index (χ0) is 30.8. The summed E-state index contributed by atoms with van der Waals surface area (Å²) >= 11 is 0. The number of aromatic nitrogens is 4. The maximum absolute atomic E-state index is 13.8. The number of rotatable bonds is 10. The van der Waals surface area contributed by atoms with Crippen LogP contribution in [0.25, 0.3) is 33.8 Å². The summed E-state index contributed by atoms with van der Waals surface area (Å²) in [4.78, 5) is 21.1. The third-order valence-electron chi connectivity index (χ3n) is 7.59. The predicted molar refractivity (Wildman–Crippen MR) is 164 cm³/mol. The Bertz CT molecular complexity index is 1550. The third-order valence-corrected chi connectivity index (χ3v) is 7.59. The van der Waals surface area contributed by atoms with Gasteiger partial charge in [0.25, 0.3) is 0 Å². The number of nitrogens with zero attached hydrogens (tertiary/aromatic N) is 5. The summed E-state index contributed by atoms with van der Waals surface area (Å²) in [7, 11) is 3.61. The highest BCUT2D eigenvalue weighted by molar-refractivity contribution is 5.91. The van der Waals surface area contributed by atoms with Crippen molar-refractivity contribution in [2.75, 3.05) is 56.8 Å². The molecule has 0 spiro atoms. The molecule has 0 amide bonds. The van der Waals surface area contributed by atoms with Crippen molar-refractivity contribution in [3.8, 4) is 28.5 Å². The van der Waals surface area contributed by atoms with Crippen LogP contribution in [0.1, 0.15) is 45.7 Å². The molecule has 1 aliphatic rings. The number of imidazole rings is 1. The van der Waals surface area contributed by atoms with Crippen LogP contribution in [-0.4, -0.2) is 66.9 Å². The Morgan fingerprint density at radius 2 is 1.67 bits per heavy atom. The summed E-state index contributed by atoms with van der Waals surface area (Å²) in [6, 6.07) is 12.6. The van der Waals surface area contributed by atoms with Crippen molar-refractivity contribution < 1.29 is 22.6 Å². The van der Waals surface area contributed by atoms with Gasteiger partial charge < -0.3 is 24.3 Å². The smallest absolute Gasteiger partial charge is 0.433 e. The van der Waals surface area contributed by atoms with Gasteiger partial charge >= 0.3 is 6.18 Å². The van der Waals surface area contributed by atoms with Gasteiger partial charge in [-0.2, -0.15) is 13.2 Å². The summed E-state index contributed by atoms with van der Waals surface area (Å²) in [5.74, 6) is 0.526. The molecule has 8 nitrogen and oxygen atoms in total. The fourth-order valence-corrected chi connectivity index (χ4v) is 5.72. The van der Waals surface area contributed by atoms with Crippen LogP contribution in [0.2, 0.25) is 0 Å². The van der Waals surface area contributed by atoms with E-state index in [1.165, 1.54) is 31.0 Å². The predicted octanol–water partition coefficient (Wildman–Crippen LogP) is 7.20. The van der Waals surface area contributed by atoms with Gasteiger partial charge in [-0.05, 0) is 62.6 Å². The van der Waals surface area contributed by atoms with Gasteiger partial charge in [0, 0.05) is 62.1 Å². The Kier molecular flexibility index (Phi) is 8.82. The van der Waals surface area contributed by atoms with Crippen LogP contribution < -0.4 is 14.5 Å². The van der Waals surface area contributed by atoms with Crippen LogP contribution in [0.3, 0.4) is 0 Å². The highest BCUT2D eigenvalue weighted by Gasteiger charge is 2.34. The first kappa shape index (κ1) is 30.6. The number of anilines is 2. The second-order valence-corrected chi connectivity index (χ2v) is 11.9. The van der Waals surface area contributed by atoms with Gasteiger partial charge in [-0.3, -0.25) is 0 Å². The number of methoxy groups -OCH3 is 1. The Labute approximate surface area is 250 Å². The first-order valence-electron chi connectivity index (χ1n) is 14.7. The van der Waals surface area contributed by atoms with Crippen molar-refractivity contribution in [1.29, 1.82) is 0 Å². The zero-order valence-electron chi connectivity index (χ0n) is 25.4. The lowest BCUT2D eigenvalue weighted by Crippen LogP contribution is -2.34. The lowest BCUT2D eigenvalue weighted by molar-refractivity contribution is -0.141. The first-order valence-corrected chi connectivity index (χ1v) is 14.7. The number of halogens is 3. The average molecular weight is 597 g/mol. The van der Waals surface area contributed by atoms with Crippen LogP contribution in [0.4, 0.5) is 24.5 Å². The molecule has 11 heteroatoms. The summed E-state index contributed by atoms with van der Waals surface area (Å²) in [5.41, 5.74) is 3.29. The molecule has 3 aromatic heterocycles. The SMILES string of the molecule is CCOc1cc(-c2cc(N(C)CC(C)(C)COC)c3[nH]c(-c4ccc(N5CCCCC5)cc4)nc3n2)cc(C(F)(F)F)n1. The van der Waals surface area contributed by atoms with E-state index in [4.69, 9.17) is 19.4 Å². The molecule has 5 rings (SSSR count). The van der Waals surface area contributed by atoms with Crippen LogP contribution in [0.15, 0.2) is 42.5 Å². The topological polar surface area (TPSA) is 79.4 Å². The molecule has 0 bridgehead atoms. The number of fused-ring (bicyclic) bond motifs is 1. The molecule has 0 aliphatic carbocycles. The van der Waals surface area contributed by atoms with Gasteiger partial charge in [0.2, 0.25) is 5.88 Å². The van der Waals surface area contributed by atoms with Crippen molar-refractivity contribution in [1.82, 2.24) is 19.9 Å². The zero-order valence-corrected chi connectivity index (χ0v) is 25.4. The van der Waals surface area contributed by atoms with E-state index in [0.29, 0.717) is 35.8 Å². The minimum Gasteiger partial charge on any atom is -0.478 e. The van der Waals surface area contributed by atoms with Gasteiger partial charge in [-0.15, -0.1) is 0 Å². The maximum Gasteiger partial charge on any atom is 0.433 e. The van der Waals surface area contributed by atoms with Crippen LogP contribution in [-0.2, 0) is 10.9 Å². The third kappa shape index (κ3) is 7.04. The second-order valence-electron chi connectivity index (χ2n) is 11.9. The number of hydrogen-bond acceptors (Lipinski definition) is 7. The number of piperidine rings is 1. The molecule has 4 aromatic rings. The number of aromatic amines is 1. The Morgan fingerprint density at radius 3 is 2.33 bits per heavy atom. The Hall–Kier alpha value is -3.86. The van der Waals surface area contributed by atoms with Crippen LogP contribution >= 0.6 is 0 Å². The van der Waals surface area contributed by atoms with E-state index < -0.39 is 11.9 Å². The summed E-state index contributed by atoms with van der Waals surface area (Å²) in [6.07, 6.45) is -0.975. The van der Waals surface area contributed by atoms with E-state index >= 15 is 0 Å². The molecule has 0 radical (unpaired) electrons. The van der Waals surface area contributed by atoms with Crippen molar-refractivity contribution in [2.24, 2.45) is 5.41 Å². The van der Waals surface area contributed by atoms with Gasteiger partial charge in [0.05, 0.1) is 24.6 Å². The van der Waals surface area contributed by atoms with Crippen molar-refractivity contribution >= 4 is 22.5 Å². The number of H-pyrrole nitrogens is 1. The van der Waals surface area contributed by atoms with E-state index in [1.54, 1.807) is 20.1 Å². The molecule has 1 fully saturated rings. The molecule has 43 heavy (non-hydrogen) atoms. The van der Waals surface area contributed by atoms with Crippen molar-refractivity contribution in [3.05, 3.63) is 48.2 Å². The number of benzene rings is 1.